The second kappa shape index (κ2) is 3.94. The highest BCUT2D eigenvalue weighted by Crippen LogP contribution is 2.27. The summed E-state index contributed by atoms with van der Waals surface area (Å²) in [4.78, 5) is 11.2. The van der Waals surface area contributed by atoms with Crippen molar-refractivity contribution in [1.82, 2.24) is 0 Å². The topological polar surface area (TPSA) is 69.7 Å². The van der Waals surface area contributed by atoms with E-state index in [1.54, 1.807) is 6.92 Å². The van der Waals surface area contributed by atoms with E-state index in [9.17, 15) is 13.2 Å². The maximum absolute atomic E-state index is 11.3. The van der Waals surface area contributed by atoms with Crippen molar-refractivity contribution in [3.63, 3.8) is 0 Å². The van der Waals surface area contributed by atoms with Crippen molar-refractivity contribution in [3.05, 3.63) is 12.2 Å². The van der Waals surface area contributed by atoms with Gasteiger partial charge in [-0.05, 0) is 20.8 Å². The summed E-state index contributed by atoms with van der Waals surface area (Å²) in [6.45, 7) is 7.93. The fourth-order valence-electron chi connectivity index (χ4n) is 1.32. The van der Waals surface area contributed by atoms with Crippen LogP contribution in [0, 0.1) is 0 Å². The van der Waals surface area contributed by atoms with Crippen LogP contribution in [0.3, 0.4) is 0 Å². The molecule has 0 bridgehead atoms. The summed E-state index contributed by atoms with van der Waals surface area (Å²) >= 11 is 0. The molecule has 0 saturated carbocycles. The Balaban J connectivity index is 2.80. The quantitative estimate of drug-likeness (QED) is 0.398. The SMILES string of the molecule is C=C(C)C(=O)OC1C(C)OS(=O)(=O)C1C. The van der Waals surface area contributed by atoms with Crippen LogP contribution in [0.4, 0.5) is 0 Å². The van der Waals surface area contributed by atoms with Gasteiger partial charge in [0.2, 0.25) is 0 Å². The summed E-state index contributed by atoms with van der Waals surface area (Å²) in [5.41, 5.74) is 0.235. The maximum atomic E-state index is 11.3. The molecule has 3 unspecified atom stereocenters. The zero-order valence-corrected chi connectivity index (χ0v) is 9.71. The van der Waals surface area contributed by atoms with Gasteiger partial charge in [0.05, 0.1) is 0 Å². The number of carbonyl (C=O) groups excluding carboxylic acids is 1. The molecule has 6 heteroatoms. The predicted octanol–water partition coefficient (Wildman–Crippen LogP) is 0.611. The molecule has 1 saturated heterocycles. The zero-order chi connectivity index (χ0) is 11.8. The zero-order valence-electron chi connectivity index (χ0n) is 8.89. The molecule has 0 radical (unpaired) electrons. The third-order valence-corrected chi connectivity index (χ3v) is 4.01. The lowest BCUT2D eigenvalue weighted by molar-refractivity contribution is -0.146. The van der Waals surface area contributed by atoms with Gasteiger partial charge < -0.3 is 4.74 Å². The molecule has 86 valence electrons. The molecular weight excluding hydrogens is 220 g/mol. The van der Waals surface area contributed by atoms with Gasteiger partial charge in [-0.1, -0.05) is 6.58 Å². The fraction of sp³-hybridized carbons (Fsp3) is 0.667. The summed E-state index contributed by atoms with van der Waals surface area (Å²) < 4.78 is 32.3. The molecule has 0 aromatic rings. The van der Waals surface area contributed by atoms with Crippen molar-refractivity contribution in [3.8, 4) is 0 Å². The molecule has 5 nitrogen and oxygen atoms in total. The molecule has 1 rings (SSSR count). The van der Waals surface area contributed by atoms with E-state index in [1.807, 2.05) is 0 Å². The van der Waals surface area contributed by atoms with Gasteiger partial charge in [0.25, 0.3) is 10.1 Å². The van der Waals surface area contributed by atoms with Gasteiger partial charge in [0.15, 0.2) is 0 Å². The molecule has 3 atom stereocenters. The number of hydrogen-bond donors (Lipinski definition) is 0. The molecule has 1 fully saturated rings. The Kier molecular flexibility index (Phi) is 3.20. The Morgan fingerprint density at radius 1 is 1.40 bits per heavy atom. The van der Waals surface area contributed by atoms with Crippen molar-refractivity contribution in [1.29, 1.82) is 0 Å². The lowest BCUT2D eigenvalue weighted by Crippen LogP contribution is -2.33. The highest BCUT2D eigenvalue weighted by molar-refractivity contribution is 7.87. The number of rotatable bonds is 2. The van der Waals surface area contributed by atoms with Crippen LogP contribution in [0.15, 0.2) is 12.2 Å². The highest BCUT2D eigenvalue weighted by atomic mass is 32.2. The first-order valence-electron chi connectivity index (χ1n) is 4.54. The fourth-order valence-corrected chi connectivity index (χ4v) is 2.63. The van der Waals surface area contributed by atoms with Crippen LogP contribution in [0.1, 0.15) is 20.8 Å². The third-order valence-electron chi connectivity index (χ3n) is 2.26. The van der Waals surface area contributed by atoms with E-state index in [4.69, 9.17) is 8.92 Å². The standard InChI is InChI=1S/C9H14O5S/c1-5(2)9(10)13-8-6(3)14-15(11,12)7(8)4/h6-8H,1H2,2-4H3. The number of carbonyl (C=O) groups is 1. The second-order valence-electron chi connectivity index (χ2n) is 3.65. The molecule has 0 amide bonds. The Labute approximate surface area is 89.2 Å². The molecular formula is C9H14O5S. The average molecular weight is 234 g/mol. The molecule has 0 N–H and O–H groups in total. The maximum Gasteiger partial charge on any atom is 0.333 e. The summed E-state index contributed by atoms with van der Waals surface area (Å²) in [5.74, 6) is -0.598. The summed E-state index contributed by atoms with van der Waals surface area (Å²) in [5, 5.41) is -0.837. The first-order valence-corrected chi connectivity index (χ1v) is 6.01. The Hall–Kier alpha value is -0.880. The predicted molar refractivity (Wildman–Crippen MR) is 53.6 cm³/mol. The van der Waals surface area contributed by atoms with Crippen molar-refractivity contribution < 1.29 is 22.1 Å². The normalized spacial score (nSPS) is 33.7. The summed E-state index contributed by atoms with van der Waals surface area (Å²) in [6.07, 6.45) is -1.41. The van der Waals surface area contributed by atoms with E-state index in [0.29, 0.717) is 0 Å². The molecule has 0 spiro atoms. The van der Waals surface area contributed by atoms with E-state index < -0.39 is 33.5 Å². The molecule has 15 heavy (non-hydrogen) atoms. The van der Waals surface area contributed by atoms with Crippen molar-refractivity contribution in [2.24, 2.45) is 0 Å². The number of esters is 1. The third kappa shape index (κ3) is 2.38. The van der Waals surface area contributed by atoms with Gasteiger partial charge in [0, 0.05) is 5.57 Å². The molecule has 1 heterocycles. The van der Waals surface area contributed by atoms with Crippen LogP contribution >= 0.6 is 0 Å². The molecule has 0 aromatic carbocycles. The van der Waals surface area contributed by atoms with Gasteiger partial charge in [-0.25, -0.2) is 4.79 Å². The van der Waals surface area contributed by atoms with Gasteiger partial charge in [-0.15, -0.1) is 0 Å². The van der Waals surface area contributed by atoms with E-state index in [0.717, 1.165) is 0 Å². The van der Waals surface area contributed by atoms with Crippen LogP contribution in [-0.2, 0) is 23.8 Å². The van der Waals surface area contributed by atoms with Gasteiger partial charge in [-0.3, -0.25) is 4.18 Å². The van der Waals surface area contributed by atoms with Crippen LogP contribution < -0.4 is 0 Å². The minimum Gasteiger partial charge on any atom is -0.455 e. The number of ether oxygens (including phenoxy) is 1. The largest absolute Gasteiger partial charge is 0.455 e. The lowest BCUT2D eigenvalue weighted by Gasteiger charge is -2.16. The number of hydrogen-bond acceptors (Lipinski definition) is 5. The first-order chi connectivity index (χ1) is 6.75. The van der Waals surface area contributed by atoms with E-state index in [-0.39, 0.29) is 5.57 Å². The lowest BCUT2D eigenvalue weighted by atomic mass is 10.2. The minimum atomic E-state index is -3.60. The second-order valence-corrected chi connectivity index (χ2v) is 5.57. The minimum absolute atomic E-state index is 0.235. The van der Waals surface area contributed by atoms with Gasteiger partial charge in [-0.2, -0.15) is 8.42 Å². The molecule has 1 aliphatic rings. The average Bonchev–Trinajstić information content (AvgIpc) is 2.27. The molecule has 1 aliphatic heterocycles. The Morgan fingerprint density at radius 2 is 1.93 bits per heavy atom. The highest BCUT2D eigenvalue weighted by Gasteiger charge is 2.46. The van der Waals surface area contributed by atoms with Crippen molar-refractivity contribution in [2.75, 3.05) is 0 Å². The Morgan fingerprint density at radius 3 is 2.27 bits per heavy atom. The van der Waals surface area contributed by atoms with Crippen LogP contribution in [0.2, 0.25) is 0 Å². The summed E-state index contributed by atoms with van der Waals surface area (Å²) in [7, 11) is -3.60. The molecule has 0 aromatic heterocycles. The first kappa shape index (κ1) is 12.2. The van der Waals surface area contributed by atoms with Gasteiger partial charge in [0.1, 0.15) is 17.5 Å². The van der Waals surface area contributed by atoms with Gasteiger partial charge >= 0.3 is 5.97 Å². The monoisotopic (exact) mass is 234 g/mol. The van der Waals surface area contributed by atoms with Crippen molar-refractivity contribution >= 4 is 16.1 Å². The van der Waals surface area contributed by atoms with E-state index >= 15 is 0 Å². The molecule has 0 aliphatic carbocycles. The van der Waals surface area contributed by atoms with Crippen LogP contribution in [0.25, 0.3) is 0 Å². The van der Waals surface area contributed by atoms with Crippen LogP contribution in [-0.4, -0.2) is 31.8 Å². The van der Waals surface area contributed by atoms with Crippen molar-refractivity contribution in [2.45, 2.75) is 38.2 Å². The van der Waals surface area contributed by atoms with E-state index in [1.165, 1.54) is 13.8 Å². The van der Waals surface area contributed by atoms with E-state index in [2.05, 4.69) is 6.58 Å². The smallest absolute Gasteiger partial charge is 0.333 e. The van der Waals surface area contributed by atoms with Crippen LogP contribution in [0.5, 0.6) is 0 Å². The Bertz CT molecular complexity index is 383. The summed E-state index contributed by atoms with van der Waals surface area (Å²) in [6, 6.07) is 0.